The fraction of sp³-hybridized carbons (Fsp3) is 0.538. The van der Waals surface area contributed by atoms with Crippen LogP contribution in [0.2, 0.25) is 0 Å². The smallest absolute Gasteiger partial charge is 0.0839 e. The van der Waals surface area contributed by atoms with Crippen molar-refractivity contribution in [2.75, 3.05) is 24.5 Å². The first-order valence-electron chi connectivity index (χ1n) is 5.89. The molecule has 2 unspecified atom stereocenters. The molecule has 0 saturated carbocycles. The average molecular weight is 220 g/mol. The molecule has 0 aliphatic carbocycles. The zero-order valence-electron chi connectivity index (χ0n) is 9.98. The van der Waals surface area contributed by atoms with Gasteiger partial charge in [-0.1, -0.05) is 18.2 Å². The Balaban J connectivity index is 2.21. The first kappa shape index (κ1) is 11.4. The standard InChI is InChI=1S/C13H20N2O/c1-10-5-3-4-6-13(10)15-8-11(2)14-7-12(16)9-15/h3-6,11-12,14,16H,7-9H2,1-2H3. The van der Waals surface area contributed by atoms with E-state index in [4.69, 9.17) is 0 Å². The molecule has 1 fully saturated rings. The number of aryl methyl sites for hydroxylation is 1. The summed E-state index contributed by atoms with van der Waals surface area (Å²) >= 11 is 0. The van der Waals surface area contributed by atoms with Gasteiger partial charge in [-0.05, 0) is 25.5 Å². The van der Waals surface area contributed by atoms with Crippen LogP contribution in [0.5, 0.6) is 0 Å². The van der Waals surface area contributed by atoms with E-state index in [0.29, 0.717) is 19.1 Å². The number of aliphatic hydroxyl groups is 1. The number of hydrogen-bond donors (Lipinski definition) is 2. The Morgan fingerprint density at radius 1 is 1.31 bits per heavy atom. The molecule has 16 heavy (non-hydrogen) atoms. The van der Waals surface area contributed by atoms with Gasteiger partial charge in [0.05, 0.1) is 6.10 Å². The van der Waals surface area contributed by atoms with Crippen molar-refractivity contribution in [3.05, 3.63) is 29.8 Å². The van der Waals surface area contributed by atoms with Crippen molar-refractivity contribution >= 4 is 5.69 Å². The van der Waals surface area contributed by atoms with Crippen LogP contribution >= 0.6 is 0 Å². The van der Waals surface area contributed by atoms with Gasteiger partial charge < -0.3 is 15.3 Å². The SMILES string of the molecule is Cc1ccccc1N1CC(O)CNC(C)C1. The summed E-state index contributed by atoms with van der Waals surface area (Å²) < 4.78 is 0. The molecular formula is C13H20N2O. The highest BCUT2D eigenvalue weighted by molar-refractivity contribution is 5.53. The van der Waals surface area contributed by atoms with E-state index in [-0.39, 0.29) is 6.10 Å². The first-order chi connectivity index (χ1) is 7.66. The third-order valence-corrected chi connectivity index (χ3v) is 3.08. The van der Waals surface area contributed by atoms with Crippen LogP contribution in [0.1, 0.15) is 12.5 Å². The molecule has 1 saturated heterocycles. The van der Waals surface area contributed by atoms with Gasteiger partial charge in [0.2, 0.25) is 0 Å². The predicted molar refractivity (Wildman–Crippen MR) is 66.9 cm³/mol. The maximum Gasteiger partial charge on any atom is 0.0839 e. The molecule has 0 radical (unpaired) electrons. The molecule has 1 aliphatic heterocycles. The lowest BCUT2D eigenvalue weighted by Crippen LogP contribution is -2.35. The zero-order chi connectivity index (χ0) is 11.5. The Morgan fingerprint density at radius 3 is 2.81 bits per heavy atom. The largest absolute Gasteiger partial charge is 0.390 e. The highest BCUT2D eigenvalue weighted by Gasteiger charge is 2.20. The molecule has 0 amide bonds. The van der Waals surface area contributed by atoms with Gasteiger partial charge in [-0.25, -0.2) is 0 Å². The monoisotopic (exact) mass is 220 g/mol. The van der Waals surface area contributed by atoms with Gasteiger partial charge >= 0.3 is 0 Å². The summed E-state index contributed by atoms with van der Waals surface area (Å²) in [7, 11) is 0. The Bertz CT molecular complexity index is 342. The van der Waals surface area contributed by atoms with Crippen molar-refractivity contribution in [3.8, 4) is 0 Å². The van der Waals surface area contributed by atoms with Crippen LogP contribution in [-0.4, -0.2) is 36.9 Å². The van der Waals surface area contributed by atoms with Crippen LogP contribution in [0, 0.1) is 6.92 Å². The van der Waals surface area contributed by atoms with Gasteiger partial charge in [0.1, 0.15) is 0 Å². The molecule has 1 heterocycles. The Morgan fingerprint density at radius 2 is 2.06 bits per heavy atom. The maximum atomic E-state index is 9.83. The van der Waals surface area contributed by atoms with Crippen LogP contribution in [-0.2, 0) is 0 Å². The summed E-state index contributed by atoms with van der Waals surface area (Å²) in [6.45, 7) is 6.61. The van der Waals surface area contributed by atoms with E-state index in [1.54, 1.807) is 0 Å². The molecule has 1 aliphatic rings. The molecule has 2 N–H and O–H groups in total. The first-order valence-corrected chi connectivity index (χ1v) is 5.89. The number of para-hydroxylation sites is 1. The van der Waals surface area contributed by atoms with Crippen molar-refractivity contribution in [3.63, 3.8) is 0 Å². The minimum absolute atomic E-state index is 0.287. The van der Waals surface area contributed by atoms with E-state index in [1.165, 1.54) is 11.3 Å². The molecule has 2 rings (SSSR count). The number of aliphatic hydroxyl groups excluding tert-OH is 1. The lowest BCUT2D eigenvalue weighted by molar-refractivity contribution is 0.183. The van der Waals surface area contributed by atoms with E-state index >= 15 is 0 Å². The fourth-order valence-electron chi connectivity index (χ4n) is 2.24. The molecule has 3 nitrogen and oxygen atoms in total. The second-order valence-corrected chi connectivity index (χ2v) is 4.65. The maximum absolute atomic E-state index is 9.83. The molecule has 0 spiro atoms. The number of nitrogens with one attached hydrogen (secondary N) is 1. The quantitative estimate of drug-likeness (QED) is 0.745. The van der Waals surface area contributed by atoms with Gasteiger partial charge in [0, 0.05) is 31.4 Å². The number of nitrogens with zero attached hydrogens (tertiary/aromatic N) is 1. The Kier molecular flexibility index (Phi) is 3.46. The Hall–Kier alpha value is -1.06. The normalized spacial score (nSPS) is 26.6. The minimum Gasteiger partial charge on any atom is -0.390 e. The number of β-amino-alcohol motifs (C(OH)–C–C–N with tert-alkyl or cyclic N) is 1. The Labute approximate surface area is 97.1 Å². The topological polar surface area (TPSA) is 35.5 Å². The minimum atomic E-state index is -0.287. The third-order valence-electron chi connectivity index (χ3n) is 3.08. The summed E-state index contributed by atoms with van der Waals surface area (Å²) in [5.41, 5.74) is 2.50. The van der Waals surface area contributed by atoms with Crippen molar-refractivity contribution in [2.24, 2.45) is 0 Å². The van der Waals surface area contributed by atoms with E-state index in [0.717, 1.165) is 6.54 Å². The van der Waals surface area contributed by atoms with Crippen LogP contribution in [0.15, 0.2) is 24.3 Å². The van der Waals surface area contributed by atoms with E-state index in [2.05, 4.69) is 48.3 Å². The number of hydrogen-bond acceptors (Lipinski definition) is 3. The lowest BCUT2D eigenvalue weighted by Gasteiger charge is -2.27. The number of anilines is 1. The molecule has 1 aromatic rings. The van der Waals surface area contributed by atoms with Crippen molar-refractivity contribution in [1.29, 1.82) is 0 Å². The second kappa shape index (κ2) is 4.85. The number of rotatable bonds is 1. The van der Waals surface area contributed by atoms with Crippen LogP contribution < -0.4 is 10.2 Å². The summed E-state index contributed by atoms with van der Waals surface area (Å²) in [4.78, 5) is 2.27. The van der Waals surface area contributed by atoms with E-state index in [9.17, 15) is 5.11 Å². The van der Waals surface area contributed by atoms with Gasteiger partial charge in [-0.2, -0.15) is 0 Å². The summed E-state index contributed by atoms with van der Waals surface area (Å²) in [5, 5.41) is 13.1. The molecule has 0 aromatic heterocycles. The lowest BCUT2D eigenvalue weighted by atomic mass is 10.1. The van der Waals surface area contributed by atoms with E-state index < -0.39 is 0 Å². The van der Waals surface area contributed by atoms with E-state index in [1.807, 2.05) is 0 Å². The van der Waals surface area contributed by atoms with Crippen molar-refractivity contribution < 1.29 is 5.11 Å². The highest BCUT2D eigenvalue weighted by Crippen LogP contribution is 2.20. The number of benzene rings is 1. The summed E-state index contributed by atoms with van der Waals surface area (Å²) in [6.07, 6.45) is -0.287. The van der Waals surface area contributed by atoms with Gasteiger partial charge in [-0.3, -0.25) is 0 Å². The highest BCUT2D eigenvalue weighted by atomic mass is 16.3. The molecule has 1 aromatic carbocycles. The van der Waals surface area contributed by atoms with Crippen LogP contribution in [0.4, 0.5) is 5.69 Å². The molecule has 0 bridgehead atoms. The molecule has 3 heteroatoms. The van der Waals surface area contributed by atoms with Gasteiger partial charge in [0.15, 0.2) is 0 Å². The molecular weight excluding hydrogens is 200 g/mol. The fourth-order valence-corrected chi connectivity index (χ4v) is 2.24. The summed E-state index contributed by atoms with van der Waals surface area (Å²) in [5.74, 6) is 0. The average Bonchev–Trinajstić information content (AvgIpc) is 2.41. The zero-order valence-corrected chi connectivity index (χ0v) is 9.98. The van der Waals surface area contributed by atoms with Crippen molar-refractivity contribution in [2.45, 2.75) is 26.0 Å². The molecule has 88 valence electrons. The summed E-state index contributed by atoms with van der Waals surface area (Å²) in [6, 6.07) is 8.76. The van der Waals surface area contributed by atoms with Crippen molar-refractivity contribution in [1.82, 2.24) is 5.32 Å². The molecule has 2 atom stereocenters. The third kappa shape index (κ3) is 2.54. The van der Waals surface area contributed by atoms with Gasteiger partial charge in [0.25, 0.3) is 0 Å². The second-order valence-electron chi connectivity index (χ2n) is 4.65. The predicted octanol–water partition coefficient (Wildman–Crippen LogP) is 1.15. The van der Waals surface area contributed by atoms with Gasteiger partial charge in [-0.15, -0.1) is 0 Å². The van der Waals surface area contributed by atoms with Crippen LogP contribution in [0.25, 0.3) is 0 Å². The van der Waals surface area contributed by atoms with Crippen LogP contribution in [0.3, 0.4) is 0 Å².